The van der Waals surface area contributed by atoms with Crippen LogP contribution in [0.2, 0.25) is 0 Å². The van der Waals surface area contributed by atoms with Gasteiger partial charge in [-0.3, -0.25) is 4.72 Å². The lowest BCUT2D eigenvalue weighted by Crippen LogP contribution is -2.14. The molecule has 0 aliphatic carbocycles. The minimum atomic E-state index is -3.68. The summed E-state index contributed by atoms with van der Waals surface area (Å²) in [5.74, 6) is 0.622. The molecule has 6 heteroatoms. The van der Waals surface area contributed by atoms with Gasteiger partial charge in [0.2, 0.25) is 0 Å². The largest absolute Gasteiger partial charge is 0.276 e. The van der Waals surface area contributed by atoms with Crippen molar-refractivity contribution in [3.63, 3.8) is 0 Å². The molecule has 0 saturated heterocycles. The van der Waals surface area contributed by atoms with Gasteiger partial charge < -0.3 is 0 Å². The lowest BCUT2D eigenvalue weighted by Gasteiger charge is -2.10. The molecule has 0 unspecified atom stereocenters. The van der Waals surface area contributed by atoms with Crippen LogP contribution >= 0.6 is 0 Å². The van der Waals surface area contributed by atoms with Gasteiger partial charge in [0.05, 0.1) is 27.7 Å². The molecule has 0 aliphatic rings. The van der Waals surface area contributed by atoms with E-state index < -0.39 is 10.0 Å². The summed E-state index contributed by atoms with van der Waals surface area (Å²) in [6, 6.07) is 16.8. The molecular formula is C22H27N3O2S. The molecular weight excluding hydrogens is 370 g/mol. The maximum atomic E-state index is 12.9. The molecule has 1 N–H and O–H groups in total. The molecule has 0 bridgehead atoms. The highest BCUT2D eigenvalue weighted by Crippen LogP contribution is 2.26. The van der Waals surface area contributed by atoms with Gasteiger partial charge in [-0.05, 0) is 62.4 Å². The van der Waals surface area contributed by atoms with E-state index in [1.165, 1.54) is 0 Å². The molecule has 0 amide bonds. The number of para-hydroxylation sites is 1. The van der Waals surface area contributed by atoms with Crippen LogP contribution in [-0.4, -0.2) is 18.2 Å². The number of aromatic nitrogens is 2. The Bertz CT molecular complexity index is 1040. The number of nitrogens with zero attached hydrogens (tertiary/aromatic N) is 2. The van der Waals surface area contributed by atoms with Crippen LogP contribution in [0.3, 0.4) is 0 Å². The molecule has 3 aromatic rings. The van der Waals surface area contributed by atoms with Crippen LogP contribution in [-0.2, 0) is 16.4 Å². The Balaban J connectivity index is 1.84. The second-order valence-corrected chi connectivity index (χ2v) is 9.16. The molecule has 28 heavy (non-hydrogen) atoms. The van der Waals surface area contributed by atoms with Crippen molar-refractivity contribution >= 4 is 15.7 Å². The lowest BCUT2D eigenvalue weighted by molar-refractivity contribution is 0.586. The fourth-order valence-electron chi connectivity index (χ4n) is 3.09. The molecule has 0 aliphatic heterocycles. The SMILES string of the molecule is Cc1nn(-c2ccccc2)c(C)c1NS(=O)(=O)c1ccc(CCC(C)C)cc1. The zero-order valence-electron chi connectivity index (χ0n) is 16.8. The molecule has 0 atom stereocenters. The molecule has 1 aromatic heterocycles. The van der Waals surface area contributed by atoms with Crippen molar-refractivity contribution in [3.05, 3.63) is 71.5 Å². The van der Waals surface area contributed by atoms with Gasteiger partial charge in [-0.15, -0.1) is 0 Å². The summed E-state index contributed by atoms with van der Waals surface area (Å²) < 4.78 is 30.2. The predicted molar refractivity (Wildman–Crippen MR) is 113 cm³/mol. The van der Waals surface area contributed by atoms with E-state index in [2.05, 4.69) is 23.7 Å². The predicted octanol–water partition coefficient (Wildman–Crippen LogP) is 4.88. The molecule has 2 aromatic carbocycles. The summed E-state index contributed by atoms with van der Waals surface area (Å²) in [7, 11) is -3.68. The first-order valence-electron chi connectivity index (χ1n) is 9.51. The molecule has 3 rings (SSSR count). The lowest BCUT2D eigenvalue weighted by atomic mass is 10.0. The van der Waals surface area contributed by atoms with Crippen molar-refractivity contribution in [2.45, 2.75) is 45.4 Å². The summed E-state index contributed by atoms with van der Waals surface area (Å²) in [5, 5.41) is 4.50. The van der Waals surface area contributed by atoms with E-state index in [0.717, 1.165) is 29.8 Å². The third-order valence-corrected chi connectivity index (χ3v) is 6.14. The highest BCUT2D eigenvalue weighted by Gasteiger charge is 2.20. The molecule has 0 spiro atoms. The second kappa shape index (κ2) is 8.19. The van der Waals surface area contributed by atoms with Gasteiger partial charge in [-0.25, -0.2) is 13.1 Å². The van der Waals surface area contributed by atoms with Crippen molar-refractivity contribution in [3.8, 4) is 5.69 Å². The Morgan fingerprint density at radius 3 is 2.25 bits per heavy atom. The average molecular weight is 398 g/mol. The summed E-state index contributed by atoms with van der Waals surface area (Å²) >= 11 is 0. The van der Waals surface area contributed by atoms with Crippen molar-refractivity contribution < 1.29 is 8.42 Å². The van der Waals surface area contributed by atoms with Gasteiger partial charge in [-0.2, -0.15) is 5.10 Å². The number of hydrogen-bond donors (Lipinski definition) is 1. The summed E-state index contributed by atoms with van der Waals surface area (Å²) in [5.41, 5.74) is 3.95. The number of nitrogens with one attached hydrogen (secondary N) is 1. The maximum absolute atomic E-state index is 12.9. The Labute approximate surface area is 167 Å². The van der Waals surface area contributed by atoms with Gasteiger partial charge in [0, 0.05) is 0 Å². The molecule has 0 saturated carbocycles. The number of rotatable bonds is 7. The van der Waals surface area contributed by atoms with E-state index in [0.29, 0.717) is 17.3 Å². The van der Waals surface area contributed by atoms with Crippen molar-refractivity contribution in [2.75, 3.05) is 4.72 Å². The molecule has 5 nitrogen and oxygen atoms in total. The zero-order valence-corrected chi connectivity index (χ0v) is 17.6. The van der Waals surface area contributed by atoms with Crippen LogP contribution in [0.1, 0.15) is 37.2 Å². The monoisotopic (exact) mass is 397 g/mol. The number of sulfonamides is 1. The number of hydrogen-bond acceptors (Lipinski definition) is 3. The topological polar surface area (TPSA) is 64.0 Å². The van der Waals surface area contributed by atoms with Crippen LogP contribution in [0.15, 0.2) is 59.5 Å². The first-order valence-corrected chi connectivity index (χ1v) is 11.0. The van der Waals surface area contributed by atoms with E-state index in [9.17, 15) is 8.42 Å². The number of benzene rings is 2. The molecule has 0 radical (unpaired) electrons. The Kier molecular flexibility index (Phi) is 5.89. The quantitative estimate of drug-likeness (QED) is 0.618. The first-order chi connectivity index (χ1) is 13.3. The number of aryl methyl sites for hydroxylation is 2. The Morgan fingerprint density at radius 1 is 1.00 bits per heavy atom. The van der Waals surface area contributed by atoms with E-state index in [1.54, 1.807) is 23.7 Å². The highest BCUT2D eigenvalue weighted by molar-refractivity contribution is 7.92. The minimum Gasteiger partial charge on any atom is -0.276 e. The maximum Gasteiger partial charge on any atom is 0.262 e. The highest BCUT2D eigenvalue weighted by atomic mass is 32.2. The third-order valence-electron chi connectivity index (χ3n) is 4.77. The van der Waals surface area contributed by atoms with Crippen molar-refractivity contribution in [1.29, 1.82) is 0 Å². The van der Waals surface area contributed by atoms with Crippen LogP contribution < -0.4 is 4.72 Å². The Morgan fingerprint density at radius 2 is 1.64 bits per heavy atom. The third kappa shape index (κ3) is 4.44. The normalized spacial score (nSPS) is 11.8. The summed E-state index contributed by atoms with van der Waals surface area (Å²) in [6.07, 6.45) is 2.04. The fourth-order valence-corrected chi connectivity index (χ4v) is 4.27. The average Bonchev–Trinajstić information content (AvgIpc) is 2.95. The van der Waals surface area contributed by atoms with Crippen LogP contribution in [0, 0.1) is 19.8 Å². The van der Waals surface area contributed by atoms with Crippen LogP contribution in [0.5, 0.6) is 0 Å². The van der Waals surface area contributed by atoms with E-state index in [-0.39, 0.29) is 4.90 Å². The molecule has 1 heterocycles. The fraction of sp³-hybridized carbons (Fsp3) is 0.318. The second-order valence-electron chi connectivity index (χ2n) is 7.48. The smallest absolute Gasteiger partial charge is 0.262 e. The molecule has 148 valence electrons. The standard InChI is InChI=1S/C22H27N3O2S/c1-16(2)10-11-19-12-14-21(15-13-19)28(26,27)24-22-17(3)23-25(18(22)4)20-8-6-5-7-9-20/h5-9,12-16,24H,10-11H2,1-4H3. The summed E-state index contributed by atoms with van der Waals surface area (Å²) in [6.45, 7) is 8.03. The minimum absolute atomic E-state index is 0.257. The van der Waals surface area contributed by atoms with Crippen molar-refractivity contribution in [2.24, 2.45) is 5.92 Å². The van der Waals surface area contributed by atoms with Gasteiger partial charge in [-0.1, -0.05) is 44.2 Å². The molecule has 0 fully saturated rings. The summed E-state index contributed by atoms with van der Waals surface area (Å²) in [4.78, 5) is 0.257. The van der Waals surface area contributed by atoms with Gasteiger partial charge in [0.25, 0.3) is 10.0 Å². The van der Waals surface area contributed by atoms with Crippen LogP contribution in [0.25, 0.3) is 5.69 Å². The number of anilines is 1. The first kappa shape index (κ1) is 20.1. The van der Waals surface area contributed by atoms with E-state index in [1.807, 2.05) is 49.4 Å². The zero-order chi connectivity index (χ0) is 20.3. The van der Waals surface area contributed by atoms with Gasteiger partial charge in [0.15, 0.2) is 0 Å². The van der Waals surface area contributed by atoms with Gasteiger partial charge >= 0.3 is 0 Å². The van der Waals surface area contributed by atoms with Crippen molar-refractivity contribution in [1.82, 2.24) is 9.78 Å². The van der Waals surface area contributed by atoms with Crippen LogP contribution in [0.4, 0.5) is 5.69 Å². The van der Waals surface area contributed by atoms with E-state index in [4.69, 9.17) is 0 Å². The Hall–Kier alpha value is -2.60. The van der Waals surface area contributed by atoms with Gasteiger partial charge in [0.1, 0.15) is 0 Å². The van der Waals surface area contributed by atoms with E-state index >= 15 is 0 Å².